The average Bonchev–Trinajstić information content (AvgIpc) is 2.47. The molecule has 0 saturated heterocycles. The van der Waals surface area contributed by atoms with E-state index in [1.807, 2.05) is 55.5 Å². The van der Waals surface area contributed by atoms with Crippen LogP contribution in [0.3, 0.4) is 0 Å². The highest BCUT2D eigenvalue weighted by Gasteiger charge is 2.07. The van der Waals surface area contributed by atoms with Crippen LogP contribution in [0.4, 0.5) is 0 Å². The van der Waals surface area contributed by atoms with Gasteiger partial charge in [-0.2, -0.15) is 0 Å². The SMILES string of the molecule is COc1ccc2nc(C)c(-c3ccccc3)nc2c1. The van der Waals surface area contributed by atoms with Crippen molar-refractivity contribution in [2.75, 3.05) is 7.11 Å². The van der Waals surface area contributed by atoms with Gasteiger partial charge in [0.1, 0.15) is 5.75 Å². The van der Waals surface area contributed by atoms with Crippen LogP contribution in [-0.4, -0.2) is 17.1 Å². The molecule has 0 fully saturated rings. The molecule has 0 aliphatic carbocycles. The minimum absolute atomic E-state index is 0.796. The minimum Gasteiger partial charge on any atom is -0.497 e. The van der Waals surface area contributed by atoms with E-state index in [0.717, 1.165) is 33.7 Å². The largest absolute Gasteiger partial charge is 0.497 e. The predicted molar refractivity (Wildman–Crippen MR) is 76.3 cm³/mol. The third kappa shape index (κ3) is 2.15. The van der Waals surface area contributed by atoms with Gasteiger partial charge in [0.05, 0.1) is 29.5 Å². The fourth-order valence-electron chi connectivity index (χ4n) is 2.12. The number of nitrogens with zero attached hydrogens (tertiary/aromatic N) is 2. The van der Waals surface area contributed by atoms with E-state index in [4.69, 9.17) is 9.72 Å². The molecule has 0 bridgehead atoms. The molecule has 3 heteroatoms. The highest BCUT2D eigenvalue weighted by Crippen LogP contribution is 2.24. The molecule has 0 atom stereocenters. The van der Waals surface area contributed by atoms with Crippen molar-refractivity contribution >= 4 is 11.0 Å². The Bertz CT molecular complexity index is 723. The summed E-state index contributed by atoms with van der Waals surface area (Å²) in [5, 5.41) is 0. The van der Waals surface area contributed by atoms with E-state index in [1.165, 1.54) is 0 Å². The lowest BCUT2D eigenvalue weighted by Crippen LogP contribution is -1.94. The fraction of sp³-hybridized carbons (Fsp3) is 0.125. The summed E-state index contributed by atoms with van der Waals surface area (Å²) in [5.41, 5.74) is 4.67. The molecule has 94 valence electrons. The molecule has 0 radical (unpaired) electrons. The van der Waals surface area contributed by atoms with Crippen LogP contribution in [0.25, 0.3) is 22.3 Å². The van der Waals surface area contributed by atoms with Crippen molar-refractivity contribution in [3.8, 4) is 17.0 Å². The third-order valence-electron chi connectivity index (χ3n) is 3.09. The van der Waals surface area contributed by atoms with Crippen molar-refractivity contribution in [2.45, 2.75) is 6.92 Å². The fourth-order valence-corrected chi connectivity index (χ4v) is 2.12. The number of benzene rings is 2. The summed E-state index contributed by atoms with van der Waals surface area (Å²) in [6.07, 6.45) is 0. The van der Waals surface area contributed by atoms with Gasteiger partial charge in [-0.05, 0) is 19.1 Å². The molecule has 0 aliphatic rings. The van der Waals surface area contributed by atoms with E-state index in [1.54, 1.807) is 7.11 Å². The second-order valence-corrected chi connectivity index (χ2v) is 4.38. The zero-order valence-corrected chi connectivity index (χ0v) is 10.9. The molecular weight excluding hydrogens is 236 g/mol. The van der Waals surface area contributed by atoms with Gasteiger partial charge in [0.2, 0.25) is 0 Å². The van der Waals surface area contributed by atoms with E-state index < -0.39 is 0 Å². The molecule has 0 unspecified atom stereocenters. The molecular formula is C16H14N2O. The van der Waals surface area contributed by atoms with Gasteiger partial charge in [-0.15, -0.1) is 0 Å². The monoisotopic (exact) mass is 250 g/mol. The minimum atomic E-state index is 0.796. The number of hydrogen-bond acceptors (Lipinski definition) is 3. The summed E-state index contributed by atoms with van der Waals surface area (Å²) in [4.78, 5) is 9.32. The van der Waals surface area contributed by atoms with Gasteiger partial charge in [0.15, 0.2) is 0 Å². The van der Waals surface area contributed by atoms with Crippen molar-refractivity contribution in [2.24, 2.45) is 0 Å². The first-order chi connectivity index (χ1) is 9.28. The van der Waals surface area contributed by atoms with E-state index in [2.05, 4.69) is 4.98 Å². The number of aromatic nitrogens is 2. The molecule has 0 amide bonds. The van der Waals surface area contributed by atoms with E-state index in [0.29, 0.717) is 0 Å². The van der Waals surface area contributed by atoms with Crippen LogP contribution >= 0.6 is 0 Å². The first-order valence-electron chi connectivity index (χ1n) is 6.16. The third-order valence-corrected chi connectivity index (χ3v) is 3.09. The Morgan fingerprint density at radius 3 is 2.42 bits per heavy atom. The topological polar surface area (TPSA) is 35.0 Å². The van der Waals surface area contributed by atoms with Crippen LogP contribution in [0.5, 0.6) is 5.75 Å². The molecule has 0 aliphatic heterocycles. The maximum atomic E-state index is 5.23. The lowest BCUT2D eigenvalue weighted by molar-refractivity contribution is 0.415. The Balaban J connectivity index is 2.23. The molecule has 3 nitrogen and oxygen atoms in total. The number of fused-ring (bicyclic) bond motifs is 1. The van der Waals surface area contributed by atoms with Crippen LogP contribution in [0.15, 0.2) is 48.5 Å². The van der Waals surface area contributed by atoms with Gasteiger partial charge < -0.3 is 4.74 Å². The van der Waals surface area contributed by atoms with Gasteiger partial charge >= 0.3 is 0 Å². The highest BCUT2D eigenvalue weighted by molar-refractivity contribution is 5.79. The van der Waals surface area contributed by atoms with Crippen molar-refractivity contribution in [3.63, 3.8) is 0 Å². The van der Waals surface area contributed by atoms with Crippen molar-refractivity contribution in [3.05, 3.63) is 54.2 Å². The summed E-state index contributed by atoms with van der Waals surface area (Å²) in [7, 11) is 1.65. The Morgan fingerprint density at radius 2 is 1.68 bits per heavy atom. The lowest BCUT2D eigenvalue weighted by atomic mass is 10.1. The zero-order chi connectivity index (χ0) is 13.2. The van der Waals surface area contributed by atoms with Gasteiger partial charge in [0.25, 0.3) is 0 Å². The Kier molecular flexibility index (Phi) is 2.88. The molecule has 2 aromatic carbocycles. The van der Waals surface area contributed by atoms with E-state index >= 15 is 0 Å². The van der Waals surface area contributed by atoms with Crippen LogP contribution in [-0.2, 0) is 0 Å². The van der Waals surface area contributed by atoms with Gasteiger partial charge in [-0.3, -0.25) is 0 Å². The van der Waals surface area contributed by atoms with Gasteiger partial charge in [-0.1, -0.05) is 30.3 Å². The number of methoxy groups -OCH3 is 1. The second kappa shape index (κ2) is 4.69. The molecule has 1 aromatic heterocycles. The van der Waals surface area contributed by atoms with Gasteiger partial charge in [0, 0.05) is 11.6 Å². The van der Waals surface area contributed by atoms with Crippen molar-refractivity contribution in [1.29, 1.82) is 0 Å². The summed E-state index contributed by atoms with van der Waals surface area (Å²) in [6.45, 7) is 1.99. The lowest BCUT2D eigenvalue weighted by Gasteiger charge is -2.07. The summed E-state index contributed by atoms with van der Waals surface area (Å²) < 4.78 is 5.23. The molecule has 1 heterocycles. The standard InChI is InChI=1S/C16H14N2O/c1-11-16(12-6-4-3-5-7-12)18-15-10-13(19-2)8-9-14(15)17-11/h3-10H,1-2H3. The number of aryl methyl sites for hydroxylation is 1. The second-order valence-electron chi connectivity index (χ2n) is 4.38. The number of rotatable bonds is 2. The Labute approximate surface area is 111 Å². The highest BCUT2D eigenvalue weighted by atomic mass is 16.5. The maximum absolute atomic E-state index is 5.23. The average molecular weight is 250 g/mol. The van der Waals surface area contributed by atoms with Crippen molar-refractivity contribution < 1.29 is 4.74 Å². The van der Waals surface area contributed by atoms with E-state index in [-0.39, 0.29) is 0 Å². The number of ether oxygens (including phenoxy) is 1. The van der Waals surface area contributed by atoms with Crippen LogP contribution < -0.4 is 4.74 Å². The zero-order valence-electron chi connectivity index (χ0n) is 10.9. The Morgan fingerprint density at radius 1 is 0.895 bits per heavy atom. The van der Waals surface area contributed by atoms with Crippen LogP contribution in [0, 0.1) is 6.92 Å². The summed E-state index contributed by atoms with van der Waals surface area (Å²) in [6, 6.07) is 15.8. The maximum Gasteiger partial charge on any atom is 0.121 e. The molecule has 0 N–H and O–H groups in total. The van der Waals surface area contributed by atoms with Crippen LogP contribution in [0.2, 0.25) is 0 Å². The van der Waals surface area contributed by atoms with E-state index in [9.17, 15) is 0 Å². The van der Waals surface area contributed by atoms with Gasteiger partial charge in [-0.25, -0.2) is 9.97 Å². The first kappa shape index (κ1) is 11.7. The number of hydrogen-bond donors (Lipinski definition) is 0. The Hall–Kier alpha value is -2.42. The quantitative estimate of drug-likeness (QED) is 0.696. The predicted octanol–water partition coefficient (Wildman–Crippen LogP) is 3.61. The van der Waals surface area contributed by atoms with Crippen molar-refractivity contribution in [1.82, 2.24) is 9.97 Å². The first-order valence-corrected chi connectivity index (χ1v) is 6.16. The molecule has 0 spiro atoms. The molecule has 19 heavy (non-hydrogen) atoms. The normalized spacial score (nSPS) is 10.6. The molecule has 0 saturated carbocycles. The smallest absolute Gasteiger partial charge is 0.121 e. The summed E-state index contributed by atoms with van der Waals surface area (Å²) >= 11 is 0. The molecule has 3 rings (SSSR count). The summed E-state index contributed by atoms with van der Waals surface area (Å²) in [5.74, 6) is 0.796. The molecule has 3 aromatic rings. The van der Waals surface area contributed by atoms with Crippen LogP contribution in [0.1, 0.15) is 5.69 Å².